The fraction of sp³-hybridized carbons (Fsp3) is 0.100. The van der Waals surface area contributed by atoms with E-state index in [1.165, 1.54) is 24.3 Å². The van der Waals surface area contributed by atoms with Gasteiger partial charge < -0.3 is 0 Å². The van der Waals surface area contributed by atoms with Crippen molar-refractivity contribution in [2.45, 2.75) is 6.18 Å². The van der Waals surface area contributed by atoms with Crippen LogP contribution in [0, 0.1) is 0 Å². The molecule has 19 heavy (non-hydrogen) atoms. The van der Waals surface area contributed by atoms with E-state index in [1.54, 1.807) is 5.10 Å². The lowest BCUT2D eigenvalue weighted by Gasteiger charge is -2.01. The van der Waals surface area contributed by atoms with Crippen molar-refractivity contribution in [3.63, 3.8) is 0 Å². The van der Waals surface area contributed by atoms with E-state index in [4.69, 9.17) is 11.6 Å². The van der Waals surface area contributed by atoms with Crippen molar-refractivity contribution in [3.05, 3.63) is 40.7 Å². The van der Waals surface area contributed by atoms with Crippen LogP contribution in [-0.2, 0) is 6.18 Å². The Labute approximate surface area is 109 Å². The molecule has 0 atom stereocenters. The Kier molecular flexibility index (Phi) is 3.43. The van der Waals surface area contributed by atoms with Crippen molar-refractivity contribution in [1.29, 1.82) is 0 Å². The molecule has 1 aromatic heterocycles. The second-order valence-electron chi connectivity index (χ2n) is 3.47. The molecule has 5 nitrogen and oxygen atoms in total. The van der Waals surface area contributed by atoms with Crippen molar-refractivity contribution in [2.75, 3.05) is 5.32 Å². The summed E-state index contributed by atoms with van der Waals surface area (Å²) in [6.07, 6.45) is -4.64. The van der Waals surface area contributed by atoms with Gasteiger partial charge in [0.2, 0.25) is 11.8 Å². The summed E-state index contributed by atoms with van der Waals surface area (Å²) in [7, 11) is 0. The number of benzene rings is 1. The molecule has 100 valence electrons. The number of carbonyl (C=O) groups excluding carboxylic acids is 1. The third-order valence-electron chi connectivity index (χ3n) is 2.09. The minimum absolute atomic E-state index is 0.225. The molecule has 9 heteroatoms. The van der Waals surface area contributed by atoms with Crippen molar-refractivity contribution in [2.24, 2.45) is 0 Å². The van der Waals surface area contributed by atoms with Gasteiger partial charge in [0.1, 0.15) is 0 Å². The van der Waals surface area contributed by atoms with E-state index in [1.807, 2.05) is 0 Å². The number of nitrogens with zero attached hydrogens (tertiary/aromatic N) is 2. The SMILES string of the molecule is O=C(Nc1n[nH]c(C(F)(F)F)n1)c1ccc(Cl)cc1. The van der Waals surface area contributed by atoms with E-state index in [0.29, 0.717) is 5.02 Å². The molecule has 0 saturated carbocycles. The van der Waals surface area contributed by atoms with Gasteiger partial charge in [0.05, 0.1) is 0 Å². The van der Waals surface area contributed by atoms with Crippen LogP contribution in [0.2, 0.25) is 5.02 Å². The van der Waals surface area contributed by atoms with Gasteiger partial charge in [-0.3, -0.25) is 15.2 Å². The standard InChI is InChI=1S/C10H6ClF3N4O/c11-6-3-1-5(2-4-6)7(19)15-9-16-8(17-18-9)10(12,13)14/h1-4H,(H2,15,16,17,18,19). The number of amides is 1. The Balaban J connectivity index is 2.11. The lowest BCUT2D eigenvalue weighted by atomic mass is 10.2. The van der Waals surface area contributed by atoms with Gasteiger partial charge in [-0.25, -0.2) is 0 Å². The van der Waals surface area contributed by atoms with E-state index < -0.39 is 23.9 Å². The van der Waals surface area contributed by atoms with E-state index in [9.17, 15) is 18.0 Å². The van der Waals surface area contributed by atoms with Crippen LogP contribution in [0.3, 0.4) is 0 Å². The number of hydrogen-bond donors (Lipinski definition) is 2. The number of alkyl halides is 3. The summed E-state index contributed by atoms with van der Waals surface area (Å²) in [4.78, 5) is 14.8. The maximum Gasteiger partial charge on any atom is 0.451 e. The molecule has 2 aromatic rings. The molecule has 0 unspecified atom stereocenters. The molecular formula is C10H6ClF3N4O. The van der Waals surface area contributed by atoms with Crippen LogP contribution < -0.4 is 5.32 Å². The van der Waals surface area contributed by atoms with Crippen molar-refractivity contribution in [1.82, 2.24) is 15.2 Å². The number of carbonyl (C=O) groups is 1. The summed E-state index contributed by atoms with van der Waals surface area (Å²) < 4.78 is 36.7. The molecule has 0 fully saturated rings. The second kappa shape index (κ2) is 4.88. The summed E-state index contributed by atoms with van der Waals surface area (Å²) in [6, 6.07) is 5.81. The first-order valence-electron chi connectivity index (χ1n) is 4.93. The Morgan fingerprint density at radius 1 is 1.26 bits per heavy atom. The number of halogens is 4. The number of hydrogen-bond acceptors (Lipinski definition) is 3. The molecule has 0 radical (unpaired) electrons. The fourth-order valence-electron chi connectivity index (χ4n) is 1.22. The van der Waals surface area contributed by atoms with E-state index in [0.717, 1.165) is 0 Å². The van der Waals surface area contributed by atoms with Crippen molar-refractivity contribution >= 4 is 23.5 Å². The number of aromatic nitrogens is 3. The minimum atomic E-state index is -4.64. The summed E-state index contributed by atoms with van der Waals surface area (Å²) in [5.41, 5.74) is 0.225. The molecule has 2 N–H and O–H groups in total. The summed E-state index contributed by atoms with van der Waals surface area (Å²) in [6.45, 7) is 0. The predicted octanol–water partition coefficient (Wildman–Crippen LogP) is 2.73. The maximum atomic E-state index is 12.2. The second-order valence-corrected chi connectivity index (χ2v) is 3.90. The summed E-state index contributed by atoms with van der Waals surface area (Å²) in [5.74, 6) is -2.37. The Morgan fingerprint density at radius 3 is 2.42 bits per heavy atom. The zero-order valence-electron chi connectivity index (χ0n) is 9.12. The number of H-pyrrole nitrogens is 1. The molecule has 0 aliphatic heterocycles. The monoisotopic (exact) mass is 290 g/mol. The Hall–Kier alpha value is -2.09. The van der Waals surface area contributed by atoms with E-state index >= 15 is 0 Å². The smallest absolute Gasteiger partial charge is 0.289 e. The molecule has 1 aromatic carbocycles. The zero-order valence-corrected chi connectivity index (χ0v) is 9.88. The highest BCUT2D eigenvalue weighted by atomic mass is 35.5. The summed E-state index contributed by atoms with van der Waals surface area (Å²) in [5, 5.41) is 7.51. The van der Waals surface area contributed by atoms with Crippen LogP contribution >= 0.6 is 11.6 Å². The van der Waals surface area contributed by atoms with Gasteiger partial charge in [-0.05, 0) is 24.3 Å². The highest BCUT2D eigenvalue weighted by molar-refractivity contribution is 6.30. The first-order valence-corrected chi connectivity index (χ1v) is 5.30. The lowest BCUT2D eigenvalue weighted by molar-refractivity contribution is -0.144. The number of anilines is 1. The fourth-order valence-corrected chi connectivity index (χ4v) is 1.35. The Morgan fingerprint density at radius 2 is 1.89 bits per heavy atom. The molecule has 1 heterocycles. The predicted molar refractivity (Wildman–Crippen MR) is 60.8 cm³/mol. The molecule has 0 spiro atoms. The van der Waals surface area contributed by atoms with Crippen LogP contribution in [0.1, 0.15) is 16.2 Å². The van der Waals surface area contributed by atoms with Gasteiger partial charge in [0, 0.05) is 10.6 Å². The van der Waals surface area contributed by atoms with Gasteiger partial charge in [-0.1, -0.05) is 11.6 Å². The topological polar surface area (TPSA) is 70.7 Å². The van der Waals surface area contributed by atoms with Crippen LogP contribution in [-0.4, -0.2) is 21.1 Å². The number of rotatable bonds is 2. The van der Waals surface area contributed by atoms with Crippen LogP contribution in [0.4, 0.5) is 19.1 Å². The number of nitrogens with one attached hydrogen (secondary N) is 2. The van der Waals surface area contributed by atoms with Crippen molar-refractivity contribution in [3.8, 4) is 0 Å². The van der Waals surface area contributed by atoms with Gasteiger partial charge in [0.25, 0.3) is 5.91 Å². The first kappa shape index (κ1) is 13.3. The lowest BCUT2D eigenvalue weighted by Crippen LogP contribution is -2.13. The third-order valence-corrected chi connectivity index (χ3v) is 2.34. The molecule has 2 rings (SSSR count). The minimum Gasteiger partial charge on any atom is -0.289 e. The first-order chi connectivity index (χ1) is 8.86. The molecule has 1 amide bonds. The third kappa shape index (κ3) is 3.22. The van der Waals surface area contributed by atoms with Gasteiger partial charge >= 0.3 is 6.18 Å². The largest absolute Gasteiger partial charge is 0.451 e. The van der Waals surface area contributed by atoms with Crippen LogP contribution in [0.15, 0.2) is 24.3 Å². The van der Waals surface area contributed by atoms with E-state index in [2.05, 4.69) is 15.4 Å². The molecule has 0 bridgehead atoms. The maximum absolute atomic E-state index is 12.2. The van der Waals surface area contributed by atoms with E-state index in [-0.39, 0.29) is 5.56 Å². The van der Waals surface area contributed by atoms with Crippen LogP contribution in [0.25, 0.3) is 0 Å². The average molecular weight is 291 g/mol. The van der Waals surface area contributed by atoms with Crippen LogP contribution in [0.5, 0.6) is 0 Å². The highest BCUT2D eigenvalue weighted by Crippen LogP contribution is 2.26. The van der Waals surface area contributed by atoms with Gasteiger partial charge in [0.15, 0.2) is 0 Å². The highest BCUT2D eigenvalue weighted by Gasteiger charge is 2.35. The average Bonchev–Trinajstić information content (AvgIpc) is 2.78. The Bertz CT molecular complexity index is 594. The van der Waals surface area contributed by atoms with Crippen molar-refractivity contribution < 1.29 is 18.0 Å². The molecular weight excluding hydrogens is 285 g/mol. The van der Waals surface area contributed by atoms with Gasteiger partial charge in [-0.2, -0.15) is 18.2 Å². The normalized spacial score (nSPS) is 11.4. The van der Waals surface area contributed by atoms with Gasteiger partial charge in [-0.15, -0.1) is 5.10 Å². The molecule has 0 saturated heterocycles. The number of aromatic amines is 1. The molecule has 0 aliphatic rings. The zero-order chi connectivity index (χ0) is 14.0. The quantitative estimate of drug-likeness (QED) is 0.893. The molecule has 0 aliphatic carbocycles. The summed E-state index contributed by atoms with van der Waals surface area (Å²) >= 11 is 5.64.